The van der Waals surface area contributed by atoms with E-state index >= 15 is 0 Å². The molecule has 2 aromatic carbocycles. The van der Waals surface area contributed by atoms with Gasteiger partial charge in [0.05, 0.1) is 0 Å². The number of amides is 1. The summed E-state index contributed by atoms with van der Waals surface area (Å²) in [6, 6.07) is 13.6. The van der Waals surface area contributed by atoms with Crippen LogP contribution in [0.15, 0.2) is 60.8 Å². The number of halogens is 2. The summed E-state index contributed by atoms with van der Waals surface area (Å²) in [6.45, 7) is 5.34. The van der Waals surface area contributed by atoms with Crippen LogP contribution in [0.3, 0.4) is 0 Å². The van der Waals surface area contributed by atoms with E-state index in [2.05, 4.69) is 10.3 Å². The van der Waals surface area contributed by atoms with Crippen molar-refractivity contribution >= 4 is 17.2 Å². The zero-order valence-corrected chi connectivity index (χ0v) is 17.3. The van der Waals surface area contributed by atoms with Crippen LogP contribution in [0.1, 0.15) is 43.5 Å². The highest BCUT2D eigenvalue weighted by Gasteiger charge is 2.16. The van der Waals surface area contributed by atoms with Gasteiger partial charge in [-0.1, -0.05) is 43.7 Å². The van der Waals surface area contributed by atoms with Crippen molar-refractivity contribution in [1.82, 2.24) is 4.98 Å². The van der Waals surface area contributed by atoms with Crippen molar-refractivity contribution in [3.63, 3.8) is 0 Å². The zero-order chi connectivity index (χ0) is 21.7. The molecule has 1 N–H and O–H groups in total. The molecule has 0 saturated heterocycles. The van der Waals surface area contributed by atoms with Gasteiger partial charge < -0.3 is 5.32 Å². The summed E-state index contributed by atoms with van der Waals surface area (Å²) in [4.78, 5) is 15.9. The highest BCUT2D eigenvalue weighted by molar-refractivity contribution is 5.90. The minimum absolute atomic E-state index is 0.152. The lowest BCUT2D eigenvalue weighted by molar-refractivity contribution is -0.114. The molecule has 30 heavy (non-hydrogen) atoms. The normalized spacial score (nSPS) is 11.4. The van der Waals surface area contributed by atoms with E-state index in [1.54, 1.807) is 12.3 Å². The second kappa shape index (κ2) is 9.44. The van der Waals surface area contributed by atoms with Gasteiger partial charge in [0.15, 0.2) is 11.6 Å². The number of nitrogens with zero attached hydrogens (tertiary/aromatic N) is 1. The molecule has 1 aromatic heterocycles. The molecule has 0 saturated carbocycles. The lowest BCUT2D eigenvalue weighted by Gasteiger charge is -2.15. The largest absolute Gasteiger partial charge is 0.326 e. The summed E-state index contributed by atoms with van der Waals surface area (Å²) in [5.74, 6) is -1.89. The van der Waals surface area contributed by atoms with Crippen LogP contribution in [0.25, 0.3) is 16.7 Å². The Labute approximate surface area is 175 Å². The van der Waals surface area contributed by atoms with Crippen molar-refractivity contribution in [3.8, 4) is 11.1 Å². The summed E-state index contributed by atoms with van der Waals surface area (Å²) >= 11 is 0. The van der Waals surface area contributed by atoms with Gasteiger partial charge in [-0.05, 0) is 48.7 Å². The van der Waals surface area contributed by atoms with E-state index < -0.39 is 11.6 Å². The van der Waals surface area contributed by atoms with Gasteiger partial charge in [-0.25, -0.2) is 8.78 Å². The Balaban J connectivity index is 2.12. The third kappa shape index (κ3) is 4.79. The highest BCUT2D eigenvalue weighted by Crippen LogP contribution is 2.32. The molecular weight excluding hydrogens is 382 g/mol. The van der Waals surface area contributed by atoms with Crippen LogP contribution >= 0.6 is 0 Å². The molecule has 0 radical (unpaired) electrons. The molecular formula is C25H24F2N2O. The predicted octanol–water partition coefficient (Wildman–Crippen LogP) is 6.53. The lowest BCUT2D eigenvalue weighted by Crippen LogP contribution is -2.05. The highest BCUT2D eigenvalue weighted by atomic mass is 19.2. The number of anilines is 1. The Morgan fingerprint density at radius 2 is 1.83 bits per heavy atom. The Morgan fingerprint density at radius 3 is 2.57 bits per heavy atom. The number of carbonyl (C=O) groups is 1. The van der Waals surface area contributed by atoms with Crippen LogP contribution in [0.2, 0.25) is 0 Å². The third-order valence-electron chi connectivity index (χ3n) is 4.77. The van der Waals surface area contributed by atoms with E-state index in [9.17, 15) is 13.6 Å². The van der Waals surface area contributed by atoms with E-state index in [4.69, 9.17) is 0 Å². The number of hydrogen-bond donors (Lipinski definition) is 1. The number of unbranched alkanes of at least 4 members (excludes halogenated alkanes) is 1. The van der Waals surface area contributed by atoms with Crippen molar-refractivity contribution < 1.29 is 13.6 Å². The first-order valence-electron chi connectivity index (χ1n) is 9.90. The second-order valence-corrected chi connectivity index (χ2v) is 7.13. The smallest absolute Gasteiger partial charge is 0.221 e. The van der Waals surface area contributed by atoms with Crippen molar-refractivity contribution in [2.45, 2.75) is 33.6 Å². The lowest BCUT2D eigenvalue weighted by atomic mass is 9.93. The van der Waals surface area contributed by atoms with Crippen molar-refractivity contribution in [3.05, 3.63) is 89.3 Å². The number of aromatic nitrogens is 1. The van der Waals surface area contributed by atoms with Gasteiger partial charge in [0.25, 0.3) is 0 Å². The molecule has 0 fully saturated rings. The molecule has 1 amide bonds. The summed E-state index contributed by atoms with van der Waals surface area (Å²) < 4.78 is 28.5. The molecule has 154 valence electrons. The number of aryl methyl sites for hydroxylation is 1. The van der Waals surface area contributed by atoms with Crippen LogP contribution < -0.4 is 5.32 Å². The molecule has 0 aliphatic heterocycles. The number of allylic oxidation sites excluding steroid dienone is 1. The van der Waals surface area contributed by atoms with Gasteiger partial charge in [-0.15, -0.1) is 0 Å². The van der Waals surface area contributed by atoms with Gasteiger partial charge in [0.1, 0.15) is 0 Å². The SMILES string of the molecule is CCC/C=C(\c1cc(-c2cccc(NC(C)=O)c2)cnc1C)c1cccc(F)c1F. The number of rotatable bonds is 6. The molecule has 0 aliphatic rings. The molecule has 0 aliphatic carbocycles. The monoisotopic (exact) mass is 406 g/mol. The predicted molar refractivity (Wildman–Crippen MR) is 117 cm³/mol. The molecule has 0 atom stereocenters. The van der Waals surface area contributed by atoms with Gasteiger partial charge in [-0.3, -0.25) is 9.78 Å². The average molecular weight is 406 g/mol. The molecule has 3 rings (SSSR count). The number of pyridine rings is 1. The fourth-order valence-electron chi connectivity index (χ4n) is 3.31. The Morgan fingerprint density at radius 1 is 1.07 bits per heavy atom. The molecule has 3 nitrogen and oxygen atoms in total. The fourth-order valence-corrected chi connectivity index (χ4v) is 3.31. The molecule has 0 spiro atoms. The second-order valence-electron chi connectivity index (χ2n) is 7.13. The van der Waals surface area contributed by atoms with Gasteiger partial charge >= 0.3 is 0 Å². The first kappa shape index (κ1) is 21.4. The van der Waals surface area contributed by atoms with Gasteiger partial charge in [0.2, 0.25) is 5.91 Å². The average Bonchev–Trinajstić information content (AvgIpc) is 2.72. The summed E-state index contributed by atoms with van der Waals surface area (Å²) in [7, 11) is 0. The summed E-state index contributed by atoms with van der Waals surface area (Å²) in [6.07, 6.45) is 5.28. The number of benzene rings is 2. The van der Waals surface area contributed by atoms with E-state index in [0.29, 0.717) is 11.3 Å². The molecule has 5 heteroatoms. The number of hydrogen-bond acceptors (Lipinski definition) is 2. The van der Waals surface area contributed by atoms with E-state index in [1.165, 1.54) is 13.0 Å². The van der Waals surface area contributed by atoms with Crippen LogP contribution in [-0.2, 0) is 4.79 Å². The van der Waals surface area contributed by atoms with Crippen LogP contribution in [0.4, 0.5) is 14.5 Å². The quantitative estimate of drug-likeness (QED) is 0.506. The Hall–Kier alpha value is -3.34. The Bertz CT molecular complexity index is 1110. The number of carbonyl (C=O) groups excluding carboxylic acids is 1. The minimum Gasteiger partial charge on any atom is -0.326 e. The van der Waals surface area contributed by atoms with E-state index in [1.807, 2.05) is 50.3 Å². The van der Waals surface area contributed by atoms with Crippen LogP contribution in [0.5, 0.6) is 0 Å². The first-order chi connectivity index (χ1) is 14.4. The fraction of sp³-hybridized carbons (Fsp3) is 0.200. The van der Waals surface area contributed by atoms with Gasteiger partial charge in [-0.2, -0.15) is 0 Å². The van der Waals surface area contributed by atoms with E-state index in [-0.39, 0.29) is 11.5 Å². The van der Waals surface area contributed by atoms with Crippen molar-refractivity contribution in [1.29, 1.82) is 0 Å². The summed E-state index contributed by atoms with van der Waals surface area (Å²) in [5.41, 5.74) is 4.68. The zero-order valence-electron chi connectivity index (χ0n) is 17.3. The Kier molecular flexibility index (Phi) is 6.72. The van der Waals surface area contributed by atoms with Crippen LogP contribution in [0, 0.1) is 18.6 Å². The standard InChI is InChI=1S/C25H24F2N2O/c1-4-5-10-21(22-11-7-12-24(26)25(22)27)23-14-19(15-28-16(23)2)18-8-6-9-20(13-18)29-17(3)30/h6-15H,4-5H2,1-3H3,(H,29,30)/b21-10-. The van der Waals surface area contributed by atoms with Crippen molar-refractivity contribution in [2.75, 3.05) is 5.32 Å². The molecule has 1 heterocycles. The molecule has 3 aromatic rings. The maximum absolute atomic E-state index is 14.6. The number of nitrogens with one attached hydrogen (secondary N) is 1. The topological polar surface area (TPSA) is 42.0 Å². The van der Waals surface area contributed by atoms with Crippen molar-refractivity contribution in [2.24, 2.45) is 0 Å². The maximum Gasteiger partial charge on any atom is 0.221 e. The summed E-state index contributed by atoms with van der Waals surface area (Å²) in [5, 5.41) is 2.77. The third-order valence-corrected chi connectivity index (χ3v) is 4.77. The maximum atomic E-state index is 14.6. The van der Waals surface area contributed by atoms with Crippen LogP contribution in [-0.4, -0.2) is 10.9 Å². The van der Waals surface area contributed by atoms with Gasteiger partial charge in [0, 0.05) is 41.2 Å². The molecule has 0 unspecified atom stereocenters. The van der Waals surface area contributed by atoms with E-state index in [0.717, 1.165) is 41.3 Å². The minimum atomic E-state index is -0.875. The molecule has 0 bridgehead atoms. The first-order valence-corrected chi connectivity index (χ1v) is 9.90.